The van der Waals surface area contributed by atoms with Gasteiger partial charge in [-0.25, -0.2) is 0 Å². The largest absolute Gasteiger partial charge is 0.373 e. The number of epoxide rings is 1. The summed E-state index contributed by atoms with van der Waals surface area (Å²) >= 11 is 0. The van der Waals surface area contributed by atoms with E-state index in [0.717, 1.165) is 13.0 Å². The normalized spacial score (nSPS) is 25.2. The van der Waals surface area contributed by atoms with E-state index in [1.807, 2.05) is 0 Å². The number of rotatable bonds is 2. The van der Waals surface area contributed by atoms with Crippen LogP contribution in [-0.2, 0) is 4.74 Å². The summed E-state index contributed by atoms with van der Waals surface area (Å²) in [6.45, 7) is 0.946. The Balaban J connectivity index is 1.91. The van der Waals surface area contributed by atoms with Crippen molar-refractivity contribution in [3.63, 3.8) is 0 Å². The van der Waals surface area contributed by atoms with Gasteiger partial charge in [-0.2, -0.15) is 0 Å². The van der Waals surface area contributed by atoms with Crippen molar-refractivity contribution in [3.05, 3.63) is 53.6 Å². The third-order valence-electron chi connectivity index (χ3n) is 3.80. The maximum Gasteiger partial charge on any atom is 0.0818 e. The molecule has 1 heterocycles. The smallest absolute Gasteiger partial charge is 0.0818 e. The molecule has 1 saturated heterocycles. The molecule has 2 aromatic carbocycles. The van der Waals surface area contributed by atoms with Gasteiger partial charge in [0.2, 0.25) is 0 Å². The second-order valence-corrected chi connectivity index (χ2v) is 4.95. The zero-order valence-electron chi connectivity index (χ0n) is 9.60. The van der Waals surface area contributed by atoms with Gasteiger partial charge in [-0.15, -0.1) is 0 Å². The quantitative estimate of drug-likeness (QED) is 0.705. The van der Waals surface area contributed by atoms with Crippen LogP contribution in [0.5, 0.6) is 0 Å². The molecule has 2 aromatic rings. The van der Waals surface area contributed by atoms with Gasteiger partial charge in [-0.1, -0.05) is 48.6 Å². The number of allylic oxidation sites excluding steroid dienone is 1. The van der Waals surface area contributed by atoms with Gasteiger partial charge < -0.3 is 4.74 Å². The molecule has 0 aromatic heterocycles. The van der Waals surface area contributed by atoms with E-state index in [9.17, 15) is 0 Å². The van der Waals surface area contributed by atoms with E-state index in [2.05, 4.69) is 48.6 Å². The van der Waals surface area contributed by atoms with Crippen LogP contribution in [0.15, 0.2) is 42.5 Å². The molecule has 2 unspecified atom stereocenters. The summed E-state index contributed by atoms with van der Waals surface area (Å²) in [6.07, 6.45) is 6.22. The van der Waals surface area contributed by atoms with Crippen LogP contribution >= 0.6 is 0 Å². The van der Waals surface area contributed by atoms with Crippen molar-refractivity contribution in [2.24, 2.45) is 0 Å². The summed E-state index contributed by atoms with van der Waals surface area (Å²) in [5, 5.41) is 2.79. The van der Waals surface area contributed by atoms with E-state index in [4.69, 9.17) is 4.74 Å². The van der Waals surface area contributed by atoms with Crippen molar-refractivity contribution in [2.45, 2.75) is 18.4 Å². The van der Waals surface area contributed by atoms with Gasteiger partial charge >= 0.3 is 0 Å². The predicted molar refractivity (Wildman–Crippen MR) is 70.1 cm³/mol. The van der Waals surface area contributed by atoms with Crippen LogP contribution < -0.4 is 0 Å². The Kier molecular flexibility index (Phi) is 1.91. The van der Waals surface area contributed by atoms with E-state index in [-0.39, 0.29) is 0 Å². The number of hydrogen-bond donors (Lipinski definition) is 0. The Hall–Kier alpha value is -1.60. The van der Waals surface area contributed by atoms with Crippen LogP contribution in [0.25, 0.3) is 16.8 Å². The number of benzene rings is 2. The SMILES string of the molecule is C1=CC(CC2CO2)c2cccc3cccc1c23. The molecule has 1 nitrogen and oxygen atoms in total. The average Bonchev–Trinajstić information content (AvgIpc) is 3.17. The van der Waals surface area contributed by atoms with Crippen molar-refractivity contribution in [1.29, 1.82) is 0 Å². The van der Waals surface area contributed by atoms with E-state index < -0.39 is 0 Å². The van der Waals surface area contributed by atoms with Crippen LogP contribution in [0.2, 0.25) is 0 Å². The molecule has 1 fully saturated rings. The molecule has 0 bridgehead atoms. The summed E-state index contributed by atoms with van der Waals surface area (Å²) in [5.41, 5.74) is 2.82. The van der Waals surface area contributed by atoms with Crippen molar-refractivity contribution in [3.8, 4) is 0 Å². The summed E-state index contributed by atoms with van der Waals surface area (Å²) in [5.74, 6) is 0.529. The summed E-state index contributed by atoms with van der Waals surface area (Å²) in [4.78, 5) is 0. The molecule has 1 aliphatic carbocycles. The molecule has 1 heteroatoms. The maximum absolute atomic E-state index is 5.36. The Bertz CT molecular complexity index is 603. The van der Waals surface area contributed by atoms with Gasteiger partial charge in [0.05, 0.1) is 12.7 Å². The molecule has 2 aliphatic rings. The average molecular weight is 222 g/mol. The van der Waals surface area contributed by atoms with E-state index in [1.54, 1.807) is 0 Å². The zero-order chi connectivity index (χ0) is 11.2. The fourth-order valence-electron chi connectivity index (χ4n) is 2.86. The molecule has 0 radical (unpaired) electrons. The Morgan fingerprint density at radius 1 is 1.12 bits per heavy atom. The molecule has 4 rings (SSSR count). The van der Waals surface area contributed by atoms with Crippen LogP contribution in [0.1, 0.15) is 23.5 Å². The lowest BCUT2D eigenvalue weighted by molar-refractivity contribution is 0.390. The summed E-state index contributed by atoms with van der Waals surface area (Å²) < 4.78 is 5.36. The number of ether oxygens (including phenoxy) is 1. The molecule has 1 aliphatic heterocycles. The highest BCUT2D eigenvalue weighted by atomic mass is 16.6. The standard InChI is InChI=1S/C16H14O/c1-3-11-5-2-6-15-13(9-14-10-17-14)8-7-12(4-1)16(11)15/h1-8,13-14H,9-10H2. The minimum absolute atomic E-state index is 0.491. The van der Waals surface area contributed by atoms with Crippen LogP contribution in [0.4, 0.5) is 0 Å². The van der Waals surface area contributed by atoms with Gasteiger partial charge in [0.25, 0.3) is 0 Å². The lowest BCUT2D eigenvalue weighted by Crippen LogP contribution is -2.04. The van der Waals surface area contributed by atoms with Gasteiger partial charge in [-0.05, 0) is 28.3 Å². The van der Waals surface area contributed by atoms with Crippen molar-refractivity contribution >= 4 is 16.8 Å². The Labute approximate surface area is 101 Å². The second kappa shape index (κ2) is 3.44. The van der Waals surface area contributed by atoms with Gasteiger partial charge in [0, 0.05) is 5.92 Å². The minimum atomic E-state index is 0.491. The summed E-state index contributed by atoms with van der Waals surface area (Å²) in [7, 11) is 0. The lowest BCUT2D eigenvalue weighted by Gasteiger charge is -2.20. The highest BCUT2D eigenvalue weighted by Gasteiger charge is 2.28. The molecule has 0 N–H and O–H groups in total. The molecule has 0 spiro atoms. The molecular weight excluding hydrogens is 208 g/mol. The lowest BCUT2D eigenvalue weighted by atomic mass is 9.84. The first-order chi connectivity index (χ1) is 8.42. The van der Waals surface area contributed by atoms with E-state index in [1.165, 1.54) is 21.9 Å². The van der Waals surface area contributed by atoms with Gasteiger partial charge in [0.15, 0.2) is 0 Å². The molecular formula is C16H14O. The highest BCUT2D eigenvalue weighted by Crippen LogP contribution is 2.38. The third-order valence-corrected chi connectivity index (χ3v) is 3.80. The second-order valence-electron chi connectivity index (χ2n) is 4.95. The van der Waals surface area contributed by atoms with Crippen molar-refractivity contribution in [2.75, 3.05) is 6.61 Å². The van der Waals surface area contributed by atoms with Crippen LogP contribution in [-0.4, -0.2) is 12.7 Å². The van der Waals surface area contributed by atoms with Crippen molar-refractivity contribution in [1.82, 2.24) is 0 Å². The highest BCUT2D eigenvalue weighted by molar-refractivity contribution is 5.95. The third kappa shape index (κ3) is 1.50. The molecule has 0 amide bonds. The maximum atomic E-state index is 5.36. The van der Waals surface area contributed by atoms with Crippen molar-refractivity contribution < 1.29 is 4.74 Å². The molecule has 0 saturated carbocycles. The van der Waals surface area contributed by atoms with E-state index in [0.29, 0.717) is 12.0 Å². The molecule has 84 valence electrons. The topological polar surface area (TPSA) is 12.5 Å². The first kappa shape index (κ1) is 9.43. The Morgan fingerprint density at radius 2 is 1.94 bits per heavy atom. The molecule has 2 atom stereocenters. The first-order valence-electron chi connectivity index (χ1n) is 6.23. The first-order valence-corrected chi connectivity index (χ1v) is 6.23. The number of hydrogen-bond acceptors (Lipinski definition) is 1. The van der Waals surface area contributed by atoms with Gasteiger partial charge in [-0.3, -0.25) is 0 Å². The molecule has 17 heavy (non-hydrogen) atoms. The van der Waals surface area contributed by atoms with Crippen LogP contribution in [0, 0.1) is 0 Å². The monoisotopic (exact) mass is 222 g/mol. The fourth-order valence-corrected chi connectivity index (χ4v) is 2.86. The van der Waals surface area contributed by atoms with E-state index >= 15 is 0 Å². The van der Waals surface area contributed by atoms with Crippen LogP contribution in [0.3, 0.4) is 0 Å². The predicted octanol–water partition coefficient (Wildman–Crippen LogP) is 3.74. The zero-order valence-corrected chi connectivity index (χ0v) is 9.60. The summed E-state index contributed by atoms with van der Waals surface area (Å²) in [6, 6.07) is 13.2. The Morgan fingerprint density at radius 3 is 2.76 bits per heavy atom. The minimum Gasteiger partial charge on any atom is -0.373 e. The van der Waals surface area contributed by atoms with Gasteiger partial charge in [0.1, 0.15) is 0 Å². The fraction of sp³-hybridized carbons (Fsp3) is 0.250.